The van der Waals surface area contributed by atoms with Crippen molar-refractivity contribution in [1.82, 2.24) is 0 Å². The number of hydrogen-bond acceptors (Lipinski definition) is 3. The number of aromatic hydroxyl groups is 1. The molecule has 0 spiro atoms. The molecule has 1 aliphatic carbocycles. The SMILES string of the molecule is CC1(O)CCC(CN)(c2cccc(O)c2)C1. The van der Waals surface area contributed by atoms with Gasteiger partial charge in [0.2, 0.25) is 0 Å². The van der Waals surface area contributed by atoms with Crippen LogP contribution in [-0.4, -0.2) is 22.4 Å². The summed E-state index contributed by atoms with van der Waals surface area (Å²) in [6.45, 7) is 2.36. The number of rotatable bonds is 2. The predicted octanol–water partition coefficient (Wildman–Crippen LogP) is 1.52. The van der Waals surface area contributed by atoms with Gasteiger partial charge in [0.25, 0.3) is 0 Å². The van der Waals surface area contributed by atoms with E-state index in [2.05, 4.69) is 0 Å². The Morgan fingerprint density at radius 2 is 2.12 bits per heavy atom. The zero-order valence-corrected chi connectivity index (χ0v) is 9.61. The van der Waals surface area contributed by atoms with Crippen molar-refractivity contribution in [2.45, 2.75) is 37.2 Å². The summed E-state index contributed by atoms with van der Waals surface area (Å²) in [5, 5.41) is 19.6. The minimum Gasteiger partial charge on any atom is -0.508 e. The Hall–Kier alpha value is -1.06. The molecule has 1 aromatic rings. The van der Waals surface area contributed by atoms with Gasteiger partial charge in [0.15, 0.2) is 0 Å². The Labute approximate surface area is 95.9 Å². The van der Waals surface area contributed by atoms with Crippen molar-refractivity contribution in [1.29, 1.82) is 0 Å². The molecular weight excluding hydrogens is 202 g/mol. The summed E-state index contributed by atoms with van der Waals surface area (Å²) in [6.07, 6.45) is 2.31. The summed E-state index contributed by atoms with van der Waals surface area (Å²) < 4.78 is 0. The molecule has 3 heteroatoms. The molecule has 1 fully saturated rings. The van der Waals surface area contributed by atoms with Crippen LogP contribution in [-0.2, 0) is 5.41 Å². The molecule has 2 atom stereocenters. The summed E-state index contributed by atoms with van der Waals surface area (Å²) in [5.41, 5.74) is 6.10. The van der Waals surface area contributed by atoms with Crippen LogP contribution in [0.15, 0.2) is 24.3 Å². The Morgan fingerprint density at radius 1 is 1.38 bits per heavy atom. The molecule has 0 amide bonds. The van der Waals surface area contributed by atoms with Gasteiger partial charge in [-0.25, -0.2) is 0 Å². The van der Waals surface area contributed by atoms with Crippen LogP contribution >= 0.6 is 0 Å². The number of nitrogens with two attached hydrogens (primary N) is 1. The zero-order valence-electron chi connectivity index (χ0n) is 9.61. The largest absolute Gasteiger partial charge is 0.508 e. The first kappa shape index (κ1) is 11.4. The third kappa shape index (κ3) is 1.93. The van der Waals surface area contributed by atoms with E-state index in [-0.39, 0.29) is 11.2 Å². The molecule has 0 aliphatic heterocycles. The van der Waals surface area contributed by atoms with Crippen molar-refractivity contribution in [2.75, 3.05) is 6.54 Å². The maximum atomic E-state index is 10.1. The topological polar surface area (TPSA) is 66.5 Å². The second kappa shape index (κ2) is 3.75. The van der Waals surface area contributed by atoms with E-state index in [1.807, 2.05) is 19.1 Å². The highest BCUT2D eigenvalue weighted by Gasteiger charge is 2.44. The molecule has 1 saturated carbocycles. The van der Waals surface area contributed by atoms with Gasteiger partial charge in [-0.05, 0) is 43.9 Å². The van der Waals surface area contributed by atoms with Crippen LogP contribution in [0.3, 0.4) is 0 Å². The standard InChI is InChI=1S/C13H19NO2/c1-12(16)5-6-13(8-12,9-14)10-3-2-4-11(15)7-10/h2-4,7,15-16H,5-6,8-9,14H2,1H3. The average molecular weight is 221 g/mol. The van der Waals surface area contributed by atoms with Gasteiger partial charge in [0.05, 0.1) is 5.60 Å². The van der Waals surface area contributed by atoms with Crippen molar-refractivity contribution in [3.05, 3.63) is 29.8 Å². The van der Waals surface area contributed by atoms with Crippen LogP contribution in [0, 0.1) is 0 Å². The maximum Gasteiger partial charge on any atom is 0.115 e. The van der Waals surface area contributed by atoms with E-state index in [0.717, 1.165) is 18.4 Å². The lowest BCUT2D eigenvalue weighted by Crippen LogP contribution is -2.35. The molecule has 2 rings (SSSR count). The molecule has 1 aliphatic rings. The minimum absolute atomic E-state index is 0.178. The van der Waals surface area contributed by atoms with Crippen LogP contribution in [0.25, 0.3) is 0 Å². The smallest absolute Gasteiger partial charge is 0.115 e. The normalized spacial score (nSPS) is 34.2. The van der Waals surface area contributed by atoms with Gasteiger partial charge in [-0.3, -0.25) is 0 Å². The third-order valence-electron chi connectivity index (χ3n) is 3.71. The summed E-state index contributed by atoms with van der Waals surface area (Å²) in [4.78, 5) is 0. The summed E-state index contributed by atoms with van der Waals surface area (Å²) in [6, 6.07) is 7.22. The Kier molecular flexibility index (Phi) is 2.68. The van der Waals surface area contributed by atoms with E-state index >= 15 is 0 Å². The molecule has 0 aromatic heterocycles. The van der Waals surface area contributed by atoms with E-state index < -0.39 is 5.60 Å². The predicted molar refractivity (Wildman–Crippen MR) is 63.3 cm³/mol. The second-order valence-corrected chi connectivity index (χ2v) is 5.21. The van der Waals surface area contributed by atoms with Crippen molar-refractivity contribution in [3.8, 4) is 5.75 Å². The fraction of sp³-hybridized carbons (Fsp3) is 0.538. The van der Waals surface area contributed by atoms with E-state index in [1.165, 1.54) is 0 Å². The van der Waals surface area contributed by atoms with Gasteiger partial charge in [-0.1, -0.05) is 12.1 Å². The van der Waals surface area contributed by atoms with Crippen molar-refractivity contribution < 1.29 is 10.2 Å². The molecule has 16 heavy (non-hydrogen) atoms. The fourth-order valence-corrected chi connectivity index (χ4v) is 2.79. The highest BCUT2D eigenvalue weighted by atomic mass is 16.3. The van der Waals surface area contributed by atoms with Gasteiger partial charge in [-0.2, -0.15) is 0 Å². The van der Waals surface area contributed by atoms with Crippen molar-refractivity contribution >= 4 is 0 Å². The Balaban J connectivity index is 2.36. The first-order valence-electron chi connectivity index (χ1n) is 5.69. The molecule has 0 heterocycles. The van der Waals surface area contributed by atoms with E-state index in [1.54, 1.807) is 12.1 Å². The van der Waals surface area contributed by atoms with E-state index in [0.29, 0.717) is 13.0 Å². The molecule has 1 aromatic carbocycles. The second-order valence-electron chi connectivity index (χ2n) is 5.21. The van der Waals surface area contributed by atoms with Crippen molar-refractivity contribution in [2.24, 2.45) is 5.73 Å². The molecule has 0 bridgehead atoms. The highest BCUT2D eigenvalue weighted by Crippen LogP contribution is 2.45. The van der Waals surface area contributed by atoms with Gasteiger partial charge in [0, 0.05) is 12.0 Å². The first-order chi connectivity index (χ1) is 7.47. The maximum absolute atomic E-state index is 10.1. The van der Waals surface area contributed by atoms with Crippen LogP contribution in [0.1, 0.15) is 31.7 Å². The average Bonchev–Trinajstić information content (AvgIpc) is 2.56. The van der Waals surface area contributed by atoms with Gasteiger partial charge >= 0.3 is 0 Å². The lowest BCUT2D eigenvalue weighted by Gasteiger charge is -2.29. The van der Waals surface area contributed by atoms with Gasteiger partial charge in [0.1, 0.15) is 5.75 Å². The minimum atomic E-state index is -0.634. The van der Waals surface area contributed by atoms with Crippen LogP contribution < -0.4 is 5.73 Å². The molecule has 0 saturated heterocycles. The lowest BCUT2D eigenvalue weighted by molar-refractivity contribution is 0.0612. The third-order valence-corrected chi connectivity index (χ3v) is 3.71. The van der Waals surface area contributed by atoms with E-state index in [9.17, 15) is 10.2 Å². The fourth-order valence-electron chi connectivity index (χ4n) is 2.79. The highest BCUT2D eigenvalue weighted by molar-refractivity contribution is 5.35. The molecule has 3 nitrogen and oxygen atoms in total. The van der Waals surface area contributed by atoms with Crippen molar-refractivity contribution in [3.63, 3.8) is 0 Å². The Morgan fingerprint density at radius 3 is 2.62 bits per heavy atom. The first-order valence-corrected chi connectivity index (χ1v) is 5.69. The quantitative estimate of drug-likeness (QED) is 0.709. The monoisotopic (exact) mass is 221 g/mol. The van der Waals surface area contributed by atoms with E-state index in [4.69, 9.17) is 5.73 Å². The Bertz CT molecular complexity index is 389. The van der Waals surface area contributed by atoms with Gasteiger partial charge < -0.3 is 15.9 Å². The van der Waals surface area contributed by atoms with Crippen LogP contribution in [0.2, 0.25) is 0 Å². The molecule has 0 radical (unpaired) electrons. The summed E-state index contributed by atoms with van der Waals surface area (Å²) in [7, 11) is 0. The summed E-state index contributed by atoms with van der Waals surface area (Å²) in [5.74, 6) is 0.261. The number of benzene rings is 1. The van der Waals surface area contributed by atoms with Crippen LogP contribution in [0.5, 0.6) is 5.75 Å². The molecular formula is C13H19NO2. The lowest BCUT2D eigenvalue weighted by atomic mass is 9.78. The van der Waals surface area contributed by atoms with Gasteiger partial charge in [-0.15, -0.1) is 0 Å². The number of aliphatic hydroxyl groups is 1. The number of phenols is 1. The number of hydrogen-bond donors (Lipinski definition) is 3. The summed E-state index contributed by atoms with van der Waals surface area (Å²) >= 11 is 0. The molecule has 88 valence electrons. The number of phenolic OH excluding ortho intramolecular Hbond substituents is 1. The molecule has 4 N–H and O–H groups in total. The molecule has 2 unspecified atom stereocenters. The van der Waals surface area contributed by atoms with Crippen LogP contribution in [0.4, 0.5) is 0 Å². The zero-order chi connectivity index (χ0) is 11.8.